The van der Waals surface area contributed by atoms with E-state index in [0.29, 0.717) is 0 Å². The topological polar surface area (TPSA) is 20.2 Å². The second-order valence-electron chi connectivity index (χ2n) is 0.316. The predicted octanol–water partition coefficient (Wildman–Crippen LogP) is -5.77. The largest absolute Gasteiger partial charge is 1.00 e. The maximum absolute atomic E-state index is 7.57. The van der Waals surface area contributed by atoms with Crippen LogP contribution in [0, 0.1) is 0 Å². The zero-order valence-corrected chi connectivity index (χ0v) is 9.28. The standard InChI is InChI=1S/C2H6O.K.Na.2H/c1-2-3;;;;/h3H,2H2,1H3;;;;/q;2*+1;2*-1. The zero-order valence-electron chi connectivity index (χ0n) is 6.15. The maximum atomic E-state index is 7.57. The van der Waals surface area contributed by atoms with Crippen molar-refractivity contribution in [3.63, 3.8) is 0 Å². The monoisotopic (exact) mass is 110 g/mol. The normalized spacial score (nSPS) is 3.60. The Morgan fingerprint density at radius 3 is 1.80 bits per heavy atom. The van der Waals surface area contributed by atoms with Crippen LogP contribution in [0.5, 0.6) is 0 Å². The fourth-order valence-corrected chi connectivity index (χ4v) is 0. The van der Waals surface area contributed by atoms with Crippen molar-refractivity contribution in [1.82, 2.24) is 0 Å². The minimum Gasteiger partial charge on any atom is -1.00 e. The van der Waals surface area contributed by atoms with E-state index < -0.39 is 0 Å². The molecule has 0 unspecified atom stereocenters. The maximum Gasteiger partial charge on any atom is 1.00 e. The fraction of sp³-hybridized carbons (Fsp3) is 1.00. The summed E-state index contributed by atoms with van der Waals surface area (Å²) in [4.78, 5) is 0. The van der Waals surface area contributed by atoms with Crippen molar-refractivity contribution in [2.45, 2.75) is 6.92 Å². The molecule has 24 valence electrons. The Hall–Kier alpha value is 2.60. The SMILES string of the molecule is CCO.[H-].[H-].[K+].[Na+]. The molecule has 1 N–H and O–H groups in total. The van der Waals surface area contributed by atoms with Crippen molar-refractivity contribution in [2.75, 3.05) is 6.61 Å². The molecule has 0 fully saturated rings. The van der Waals surface area contributed by atoms with Gasteiger partial charge in [-0.2, -0.15) is 0 Å². The van der Waals surface area contributed by atoms with Gasteiger partial charge < -0.3 is 7.96 Å². The molecule has 0 aliphatic carbocycles. The summed E-state index contributed by atoms with van der Waals surface area (Å²) in [6.07, 6.45) is 0. The number of aliphatic hydroxyl groups is 1. The molecule has 0 aliphatic rings. The van der Waals surface area contributed by atoms with E-state index in [1.165, 1.54) is 0 Å². The fourth-order valence-electron chi connectivity index (χ4n) is 0. The summed E-state index contributed by atoms with van der Waals surface area (Å²) in [6, 6.07) is 0. The third kappa shape index (κ3) is 20.7. The first-order chi connectivity index (χ1) is 1.41. The molecule has 0 aromatic carbocycles. The Bertz CT molecular complexity index is 15.7. The number of hydrogen-bond donors (Lipinski definition) is 1. The van der Waals surface area contributed by atoms with Crippen LogP contribution in [-0.4, -0.2) is 11.7 Å². The van der Waals surface area contributed by atoms with Crippen LogP contribution in [0.4, 0.5) is 0 Å². The van der Waals surface area contributed by atoms with Gasteiger partial charge in [0.1, 0.15) is 0 Å². The Morgan fingerprint density at radius 1 is 1.80 bits per heavy atom. The van der Waals surface area contributed by atoms with Crippen LogP contribution in [-0.2, 0) is 0 Å². The minimum atomic E-state index is 0. The van der Waals surface area contributed by atoms with E-state index in [4.69, 9.17) is 5.11 Å². The molecular formula is C2H8KNaO. The first-order valence-corrected chi connectivity index (χ1v) is 1.02. The molecule has 0 amide bonds. The summed E-state index contributed by atoms with van der Waals surface area (Å²) in [5.41, 5.74) is 0. The van der Waals surface area contributed by atoms with E-state index >= 15 is 0 Å². The first-order valence-electron chi connectivity index (χ1n) is 1.02. The van der Waals surface area contributed by atoms with Gasteiger partial charge in [-0.15, -0.1) is 0 Å². The first kappa shape index (κ1) is 15.6. The Balaban J connectivity index is -0.00000000333. The molecule has 0 saturated carbocycles. The number of aliphatic hydroxyl groups excluding tert-OH is 1. The van der Waals surface area contributed by atoms with E-state index in [1.807, 2.05) is 0 Å². The summed E-state index contributed by atoms with van der Waals surface area (Å²) in [6.45, 7) is 1.93. The molecule has 0 heterocycles. The van der Waals surface area contributed by atoms with Gasteiger partial charge in [0.2, 0.25) is 0 Å². The van der Waals surface area contributed by atoms with Gasteiger partial charge in [0.05, 0.1) is 0 Å². The third-order valence-electron chi connectivity index (χ3n) is 0. The van der Waals surface area contributed by atoms with E-state index in [-0.39, 0.29) is 90.4 Å². The molecule has 0 aromatic heterocycles. The van der Waals surface area contributed by atoms with Gasteiger partial charge in [-0.1, -0.05) is 0 Å². The Labute approximate surface area is 100 Å². The summed E-state index contributed by atoms with van der Waals surface area (Å²) < 4.78 is 0. The third-order valence-corrected chi connectivity index (χ3v) is 0. The van der Waals surface area contributed by atoms with E-state index in [0.717, 1.165) is 0 Å². The van der Waals surface area contributed by atoms with Gasteiger partial charge >= 0.3 is 80.9 Å². The number of hydrogen-bond acceptors (Lipinski definition) is 1. The summed E-state index contributed by atoms with van der Waals surface area (Å²) >= 11 is 0. The summed E-state index contributed by atoms with van der Waals surface area (Å²) in [5.74, 6) is 0. The van der Waals surface area contributed by atoms with Crippen LogP contribution < -0.4 is 80.9 Å². The van der Waals surface area contributed by atoms with Gasteiger partial charge in [0.25, 0.3) is 0 Å². The Morgan fingerprint density at radius 2 is 1.80 bits per heavy atom. The van der Waals surface area contributed by atoms with Crippen molar-refractivity contribution < 1.29 is 88.9 Å². The molecule has 0 radical (unpaired) electrons. The van der Waals surface area contributed by atoms with Gasteiger partial charge in [-0.25, -0.2) is 0 Å². The molecule has 1 nitrogen and oxygen atoms in total. The van der Waals surface area contributed by atoms with Crippen molar-refractivity contribution in [1.29, 1.82) is 0 Å². The number of rotatable bonds is 0. The van der Waals surface area contributed by atoms with Gasteiger partial charge in [0.15, 0.2) is 0 Å². The molecular weight excluding hydrogens is 102 g/mol. The van der Waals surface area contributed by atoms with Crippen LogP contribution in [0.15, 0.2) is 0 Å². The van der Waals surface area contributed by atoms with E-state index in [2.05, 4.69) is 0 Å². The van der Waals surface area contributed by atoms with E-state index in [1.54, 1.807) is 6.92 Å². The average Bonchev–Trinajstić information content (AvgIpc) is 0.918. The van der Waals surface area contributed by atoms with Crippen molar-refractivity contribution in [2.24, 2.45) is 0 Å². The summed E-state index contributed by atoms with van der Waals surface area (Å²) in [7, 11) is 0. The molecule has 0 aromatic rings. The van der Waals surface area contributed by atoms with E-state index in [9.17, 15) is 0 Å². The van der Waals surface area contributed by atoms with Crippen molar-refractivity contribution in [3.8, 4) is 0 Å². The quantitative estimate of drug-likeness (QED) is 0.308. The van der Waals surface area contributed by atoms with Gasteiger partial charge in [0, 0.05) is 6.61 Å². The summed E-state index contributed by atoms with van der Waals surface area (Å²) in [5, 5.41) is 7.57. The second-order valence-corrected chi connectivity index (χ2v) is 0.316. The van der Waals surface area contributed by atoms with Crippen molar-refractivity contribution >= 4 is 0 Å². The zero-order chi connectivity index (χ0) is 2.71. The molecule has 0 rings (SSSR count). The van der Waals surface area contributed by atoms with Crippen LogP contribution in [0.3, 0.4) is 0 Å². The molecule has 5 heavy (non-hydrogen) atoms. The van der Waals surface area contributed by atoms with Crippen LogP contribution in [0.25, 0.3) is 0 Å². The molecule has 0 saturated heterocycles. The molecule has 0 aliphatic heterocycles. The van der Waals surface area contributed by atoms with Gasteiger partial charge in [-0.05, 0) is 6.92 Å². The van der Waals surface area contributed by atoms with Crippen molar-refractivity contribution in [3.05, 3.63) is 0 Å². The average molecular weight is 110 g/mol. The molecule has 0 bridgehead atoms. The Kier molecular flexibility index (Phi) is 50.0. The molecule has 3 heteroatoms. The predicted molar refractivity (Wildman–Crippen MR) is 15.0 cm³/mol. The smallest absolute Gasteiger partial charge is 1.00 e. The van der Waals surface area contributed by atoms with Crippen LogP contribution in [0.2, 0.25) is 0 Å². The minimum absolute atomic E-state index is 0. The molecule has 0 atom stereocenters. The van der Waals surface area contributed by atoms with Crippen LogP contribution >= 0.6 is 0 Å². The van der Waals surface area contributed by atoms with Crippen LogP contribution in [0.1, 0.15) is 9.78 Å². The molecule has 0 spiro atoms. The second kappa shape index (κ2) is 16.0. The van der Waals surface area contributed by atoms with Gasteiger partial charge in [-0.3, -0.25) is 0 Å².